The number of likely N-dealkylation sites (tertiary alicyclic amines) is 1. The molecule has 7 heteroatoms. The van der Waals surface area contributed by atoms with Gasteiger partial charge in [-0.3, -0.25) is 9.59 Å². The highest BCUT2D eigenvalue weighted by molar-refractivity contribution is 6.33. The zero-order valence-electron chi connectivity index (χ0n) is 18.7. The average Bonchev–Trinajstić information content (AvgIpc) is 3.15. The molecule has 0 aliphatic carbocycles. The van der Waals surface area contributed by atoms with E-state index in [1.165, 1.54) is 0 Å². The van der Waals surface area contributed by atoms with Gasteiger partial charge in [0.05, 0.1) is 16.6 Å². The second-order valence-corrected chi connectivity index (χ2v) is 9.61. The SMILES string of the molecule is C/C=C/CN1CC(c2ccc(C(=O)N3CCN(C)CC3)c(Cl)c2)C2CC(C)NC2C1=O. The lowest BCUT2D eigenvalue weighted by molar-refractivity contribution is -0.137. The number of nitrogens with one attached hydrogen (secondary N) is 1. The number of nitrogens with zero attached hydrogens (tertiary/aromatic N) is 3. The Morgan fingerprint density at radius 1 is 1.26 bits per heavy atom. The number of piperazine rings is 1. The van der Waals surface area contributed by atoms with Crippen LogP contribution in [0, 0.1) is 5.92 Å². The van der Waals surface area contributed by atoms with Gasteiger partial charge in [-0.2, -0.15) is 0 Å². The minimum Gasteiger partial charge on any atom is -0.337 e. The number of carbonyl (C=O) groups is 2. The van der Waals surface area contributed by atoms with Gasteiger partial charge in [0.2, 0.25) is 5.91 Å². The number of amides is 2. The van der Waals surface area contributed by atoms with Crippen molar-refractivity contribution in [1.82, 2.24) is 20.0 Å². The highest BCUT2D eigenvalue weighted by Crippen LogP contribution is 2.40. The summed E-state index contributed by atoms with van der Waals surface area (Å²) in [5.74, 6) is 0.652. The summed E-state index contributed by atoms with van der Waals surface area (Å²) < 4.78 is 0. The van der Waals surface area contributed by atoms with E-state index in [-0.39, 0.29) is 29.7 Å². The van der Waals surface area contributed by atoms with Gasteiger partial charge in [-0.1, -0.05) is 29.8 Å². The molecule has 3 fully saturated rings. The molecule has 31 heavy (non-hydrogen) atoms. The number of rotatable bonds is 4. The minimum atomic E-state index is -0.149. The van der Waals surface area contributed by atoms with E-state index in [9.17, 15) is 9.59 Å². The van der Waals surface area contributed by atoms with Crippen molar-refractivity contribution in [3.63, 3.8) is 0 Å². The smallest absolute Gasteiger partial charge is 0.255 e. The minimum absolute atomic E-state index is 0.00668. The van der Waals surface area contributed by atoms with E-state index < -0.39 is 0 Å². The molecule has 1 aromatic rings. The van der Waals surface area contributed by atoms with Gasteiger partial charge in [-0.25, -0.2) is 0 Å². The molecule has 4 unspecified atom stereocenters. The molecule has 1 aromatic carbocycles. The quantitative estimate of drug-likeness (QED) is 0.725. The molecule has 168 valence electrons. The lowest BCUT2D eigenvalue weighted by Crippen LogP contribution is -2.54. The second-order valence-electron chi connectivity index (χ2n) is 9.20. The third-order valence-electron chi connectivity index (χ3n) is 7.03. The molecular weight excluding hydrogens is 412 g/mol. The molecule has 3 aliphatic rings. The van der Waals surface area contributed by atoms with Crippen molar-refractivity contribution in [1.29, 1.82) is 0 Å². The van der Waals surface area contributed by atoms with Crippen LogP contribution in [0.4, 0.5) is 0 Å². The van der Waals surface area contributed by atoms with Crippen LogP contribution in [-0.2, 0) is 4.79 Å². The van der Waals surface area contributed by atoms with Gasteiger partial charge in [0, 0.05) is 51.2 Å². The van der Waals surface area contributed by atoms with Gasteiger partial charge in [0.1, 0.15) is 0 Å². The molecule has 1 N–H and O–H groups in total. The summed E-state index contributed by atoms with van der Waals surface area (Å²) >= 11 is 6.65. The van der Waals surface area contributed by atoms with E-state index in [1.54, 1.807) is 0 Å². The maximum absolute atomic E-state index is 13.0. The second kappa shape index (κ2) is 9.31. The number of fused-ring (bicyclic) bond motifs is 1. The van der Waals surface area contributed by atoms with Crippen LogP contribution in [0.25, 0.3) is 0 Å². The summed E-state index contributed by atoms with van der Waals surface area (Å²) in [6.45, 7) is 8.64. The van der Waals surface area contributed by atoms with Crippen molar-refractivity contribution in [3.05, 3.63) is 46.5 Å². The van der Waals surface area contributed by atoms with E-state index >= 15 is 0 Å². The molecule has 6 nitrogen and oxygen atoms in total. The average molecular weight is 445 g/mol. The van der Waals surface area contributed by atoms with Crippen LogP contribution >= 0.6 is 11.6 Å². The standard InChI is InChI=1S/C24H33ClN4O2/c1-4-5-8-29-15-20(19-13-16(2)26-22(19)24(29)31)17-6-7-18(21(25)14-17)23(30)28-11-9-27(3)10-12-28/h4-7,14,16,19-20,22,26H,8-13,15H2,1-3H3/b5-4+. The fourth-order valence-electron chi connectivity index (χ4n) is 5.22. The molecular formula is C24H33ClN4O2. The Kier molecular flexibility index (Phi) is 6.70. The molecule has 2 amide bonds. The first-order valence-corrected chi connectivity index (χ1v) is 11.7. The molecule has 3 aliphatic heterocycles. The Bertz CT molecular complexity index is 865. The van der Waals surface area contributed by atoms with Crippen LogP contribution in [0.3, 0.4) is 0 Å². The van der Waals surface area contributed by atoms with E-state index in [4.69, 9.17) is 11.6 Å². The first-order chi connectivity index (χ1) is 14.9. The van der Waals surface area contributed by atoms with Crippen LogP contribution in [0.1, 0.15) is 42.1 Å². The first kappa shape index (κ1) is 22.3. The molecule has 4 atom stereocenters. The number of carbonyl (C=O) groups excluding carboxylic acids is 2. The Morgan fingerprint density at radius 3 is 2.68 bits per heavy atom. The predicted molar refractivity (Wildman–Crippen MR) is 123 cm³/mol. The first-order valence-electron chi connectivity index (χ1n) is 11.3. The lowest BCUT2D eigenvalue weighted by Gasteiger charge is -2.40. The largest absolute Gasteiger partial charge is 0.337 e. The number of piperidine rings is 1. The lowest BCUT2D eigenvalue weighted by atomic mass is 9.77. The number of likely N-dealkylation sites (N-methyl/N-ethyl adjacent to an activating group) is 1. The van der Waals surface area contributed by atoms with Gasteiger partial charge in [-0.05, 0) is 50.9 Å². The summed E-state index contributed by atoms with van der Waals surface area (Å²) in [6, 6.07) is 6.05. The van der Waals surface area contributed by atoms with Gasteiger partial charge in [0.15, 0.2) is 0 Å². The maximum atomic E-state index is 13.0. The van der Waals surface area contributed by atoms with E-state index in [0.29, 0.717) is 29.7 Å². The monoisotopic (exact) mass is 444 g/mol. The van der Waals surface area contributed by atoms with Crippen molar-refractivity contribution >= 4 is 23.4 Å². The zero-order valence-corrected chi connectivity index (χ0v) is 19.4. The summed E-state index contributed by atoms with van der Waals surface area (Å²) in [6.07, 6.45) is 4.98. The van der Waals surface area contributed by atoms with Crippen molar-refractivity contribution in [3.8, 4) is 0 Å². The molecule has 3 saturated heterocycles. The topological polar surface area (TPSA) is 55.9 Å². The van der Waals surface area contributed by atoms with Crippen LogP contribution in [0.5, 0.6) is 0 Å². The highest BCUT2D eigenvalue weighted by Gasteiger charge is 2.47. The normalized spacial score (nSPS) is 29.6. The Balaban J connectivity index is 1.57. The third-order valence-corrected chi connectivity index (χ3v) is 7.35. The molecule has 0 bridgehead atoms. The van der Waals surface area contributed by atoms with Crippen LogP contribution in [0.2, 0.25) is 5.02 Å². The maximum Gasteiger partial charge on any atom is 0.255 e. The van der Waals surface area contributed by atoms with Gasteiger partial charge in [-0.15, -0.1) is 0 Å². The van der Waals surface area contributed by atoms with Crippen molar-refractivity contribution in [2.75, 3.05) is 46.3 Å². The predicted octanol–water partition coefficient (Wildman–Crippen LogP) is 2.60. The fourth-order valence-corrected chi connectivity index (χ4v) is 5.49. The molecule has 0 radical (unpaired) electrons. The fraction of sp³-hybridized carbons (Fsp3) is 0.583. The third kappa shape index (κ3) is 4.52. The molecule has 3 heterocycles. The number of benzene rings is 1. The molecule has 0 saturated carbocycles. The number of hydrogen-bond donors (Lipinski definition) is 1. The van der Waals surface area contributed by atoms with Gasteiger partial charge >= 0.3 is 0 Å². The highest BCUT2D eigenvalue weighted by atomic mass is 35.5. The number of allylic oxidation sites excluding steroid dienone is 1. The van der Waals surface area contributed by atoms with E-state index in [0.717, 1.165) is 38.2 Å². The molecule has 0 spiro atoms. The summed E-state index contributed by atoms with van der Waals surface area (Å²) in [5, 5.41) is 4.00. The van der Waals surface area contributed by atoms with Crippen LogP contribution in [-0.4, -0.2) is 84.9 Å². The van der Waals surface area contributed by atoms with Crippen LogP contribution < -0.4 is 5.32 Å². The van der Waals surface area contributed by atoms with E-state index in [1.807, 2.05) is 47.1 Å². The van der Waals surface area contributed by atoms with E-state index in [2.05, 4.69) is 24.2 Å². The van der Waals surface area contributed by atoms with Gasteiger partial charge < -0.3 is 20.0 Å². The summed E-state index contributed by atoms with van der Waals surface area (Å²) in [7, 11) is 2.07. The Morgan fingerprint density at radius 2 is 2.00 bits per heavy atom. The van der Waals surface area contributed by atoms with Crippen molar-refractivity contribution < 1.29 is 9.59 Å². The Labute approximate surface area is 190 Å². The van der Waals surface area contributed by atoms with Crippen LogP contribution in [0.15, 0.2) is 30.4 Å². The summed E-state index contributed by atoms with van der Waals surface area (Å²) in [4.78, 5) is 32.1. The van der Waals surface area contributed by atoms with Gasteiger partial charge in [0.25, 0.3) is 5.91 Å². The number of hydrogen-bond acceptors (Lipinski definition) is 4. The van der Waals surface area contributed by atoms with Crippen molar-refractivity contribution in [2.24, 2.45) is 5.92 Å². The zero-order chi connectivity index (χ0) is 22.1. The van der Waals surface area contributed by atoms with Crippen molar-refractivity contribution in [2.45, 2.75) is 38.3 Å². The molecule has 4 rings (SSSR count). The number of halogens is 1. The summed E-state index contributed by atoms with van der Waals surface area (Å²) in [5.41, 5.74) is 1.69. The Hall–Kier alpha value is -1.89. The molecule has 0 aromatic heterocycles.